The van der Waals surface area contributed by atoms with Crippen LogP contribution in [-0.2, 0) is 68.4 Å². The topological polar surface area (TPSA) is 172 Å². The largest absolute Gasteiger partial charge is 0.463 e. The van der Waals surface area contributed by atoms with E-state index in [-0.39, 0.29) is 26.2 Å². The fraction of sp³-hybridized carbons (Fsp3) is 0.600. The molecule has 2 aliphatic rings. The van der Waals surface area contributed by atoms with E-state index in [1.165, 1.54) is 13.0 Å². The number of hydrogen-bond donors (Lipinski definition) is 1. The number of benzene rings is 1. The third-order valence-electron chi connectivity index (χ3n) is 6.57. The zero-order chi connectivity index (χ0) is 32.2. The molecule has 14 nitrogen and oxygen atoms in total. The second-order valence-electron chi connectivity index (χ2n) is 10.2. The zero-order valence-electron chi connectivity index (χ0n) is 25.2. The summed E-state index contributed by atoms with van der Waals surface area (Å²) in [6.45, 7) is 8.14. The van der Waals surface area contributed by atoms with Crippen LogP contribution in [0.1, 0.15) is 39.7 Å². The monoisotopic (exact) mass is 624 g/mol. The summed E-state index contributed by atoms with van der Waals surface area (Å²) in [7, 11) is 0. The molecular formula is C30H40O14. The van der Waals surface area contributed by atoms with Gasteiger partial charge in [-0.15, -0.1) is 6.58 Å². The van der Waals surface area contributed by atoms with Crippen molar-refractivity contribution >= 4 is 23.9 Å². The molecule has 0 aromatic heterocycles. The van der Waals surface area contributed by atoms with E-state index in [4.69, 9.17) is 42.6 Å². The minimum atomic E-state index is -1.47. The number of hydrogen-bond acceptors (Lipinski definition) is 14. The average Bonchev–Trinajstić information content (AvgIpc) is 2.95. The van der Waals surface area contributed by atoms with Crippen LogP contribution in [0, 0.1) is 0 Å². The molecule has 0 bridgehead atoms. The van der Waals surface area contributed by atoms with Gasteiger partial charge in [0.05, 0.1) is 25.9 Å². The smallest absolute Gasteiger partial charge is 0.303 e. The molecule has 0 radical (unpaired) electrons. The summed E-state index contributed by atoms with van der Waals surface area (Å²) in [5.74, 6) is -2.95. The Kier molecular flexibility index (Phi) is 13.7. The van der Waals surface area contributed by atoms with Gasteiger partial charge in [-0.05, 0) is 5.56 Å². The lowest BCUT2D eigenvalue weighted by atomic mass is 9.97. The van der Waals surface area contributed by atoms with E-state index in [1.54, 1.807) is 0 Å². The highest BCUT2D eigenvalue weighted by Gasteiger charge is 2.54. The zero-order valence-corrected chi connectivity index (χ0v) is 25.2. The van der Waals surface area contributed by atoms with Gasteiger partial charge in [0.1, 0.15) is 24.9 Å². The van der Waals surface area contributed by atoms with Crippen LogP contribution >= 0.6 is 0 Å². The Morgan fingerprint density at radius 3 is 2.11 bits per heavy atom. The number of carbonyl (C=O) groups is 4. The second-order valence-corrected chi connectivity index (χ2v) is 10.2. The summed E-state index contributed by atoms with van der Waals surface area (Å²) in [4.78, 5) is 47.8. The van der Waals surface area contributed by atoms with E-state index < -0.39 is 85.8 Å². The van der Waals surface area contributed by atoms with Gasteiger partial charge in [-0.1, -0.05) is 36.4 Å². The molecule has 2 fully saturated rings. The molecule has 0 spiro atoms. The van der Waals surface area contributed by atoms with Crippen molar-refractivity contribution in [1.82, 2.24) is 0 Å². The number of carbonyl (C=O) groups excluding carboxylic acids is 4. The van der Waals surface area contributed by atoms with Crippen molar-refractivity contribution in [3.63, 3.8) is 0 Å². The Morgan fingerprint density at radius 2 is 1.50 bits per heavy atom. The highest BCUT2D eigenvalue weighted by molar-refractivity contribution is 5.68. The number of rotatable bonds is 14. The Balaban J connectivity index is 1.86. The molecule has 14 heteroatoms. The van der Waals surface area contributed by atoms with E-state index in [0.717, 1.165) is 26.3 Å². The first kappa shape index (κ1) is 35.1. The molecule has 0 amide bonds. The Labute approximate surface area is 255 Å². The van der Waals surface area contributed by atoms with Gasteiger partial charge >= 0.3 is 23.9 Å². The van der Waals surface area contributed by atoms with Crippen LogP contribution in [0.3, 0.4) is 0 Å². The Hall–Kier alpha value is -3.40. The van der Waals surface area contributed by atoms with Gasteiger partial charge in [-0.3, -0.25) is 19.2 Å². The van der Waals surface area contributed by atoms with Gasteiger partial charge in [-0.2, -0.15) is 0 Å². The van der Waals surface area contributed by atoms with Crippen LogP contribution in [0.2, 0.25) is 0 Å². The second kappa shape index (κ2) is 17.2. The molecule has 2 aliphatic heterocycles. The van der Waals surface area contributed by atoms with E-state index in [0.29, 0.717) is 0 Å². The fourth-order valence-corrected chi connectivity index (χ4v) is 4.80. The van der Waals surface area contributed by atoms with Crippen LogP contribution in [0.5, 0.6) is 0 Å². The Bertz CT molecular complexity index is 1110. The van der Waals surface area contributed by atoms with Gasteiger partial charge in [0, 0.05) is 34.1 Å². The summed E-state index contributed by atoms with van der Waals surface area (Å²) in [5, 5.41) is 11.0. The minimum Gasteiger partial charge on any atom is -0.463 e. The summed E-state index contributed by atoms with van der Waals surface area (Å²) >= 11 is 0. The van der Waals surface area contributed by atoms with Crippen molar-refractivity contribution in [1.29, 1.82) is 0 Å². The van der Waals surface area contributed by atoms with E-state index in [2.05, 4.69) is 6.58 Å². The molecule has 3 rings (SSSR count). The van der Waals surface area contributed by atoms with Gasteiger partial charge in [0.25, 0.3) is 0 Å². The normalized spacial score (nSPS) is 30.1. The molecule has 44 heavy (non-hydrogen) atoms. The van der Waals surface area contributed by atoms with Crippen LogP contribution in [0.25, 0.3) is 0 Å². The number of aliphatic hydroxyl groups excluding tert-OH is 1. The highest BCUT2D eigenvalue weighted by atomic mass is 16.8. The summed E-state index contributed by atoms with van der Waals surface area (Å²) < 4.78 is 51.2. The molecule has 1 aromatic carbocycles. The lowest BCUT2D eigenvalue weighted by molar-refractivity contribution is -0.361. The average molecular weight is 625 g/mol. The summed E-state index contributed by atoms with van der Waals surface area (Å²) in [6.07, 6.45) is -9.21. The van der Waals surface area contributed by atoms with Crippen molar-refractivity contribution in [3.8, 4) is 0 Å². The third-order valence-corrected chi connectivity index (χ3v) is 6.57. The first-order chi connectivity index (χ1) is 21.0. The standard InChI is InChI=1S/C30H40O14/c1-6-12-37-22-13-25(42-23(26(22)35)15-36-14-21-10-8-7-9-11-21)44-30-29(41-20(5)34)28(40-19(4)33)27(39-18(3)32)24(43-30)16-38-17(2)31/h6-11,22-30,35H,1,12-16H2,2-5H3/t22-,23-,24-,25-,26+,27+,28+,29-,30+/m1/s1. The molecule has 2 heterocycles. The van der Waals surface area contributed by atoms with Crippen LogP contribution in [-0.4, -0.2) is 104 Å². The van der Waals surface area contributed by atoms with E-state index in [9.17, 15) is 24.3 Å². The SMILES string of the molecule is C=CCO[C@@H]1C[C@@H](O[C@@H]2O[C@H](COC(C)=O)[C@H](OC(C)=O)[C@H](OC(C)=O)[C@H]2OC(C)=O)O[C@H](COCc2ccccc2)[C@H]1O. The summed E-state index contributed by atoms with van der Waals surface area (Å²) in [6, 6.07) is 9.42. The molecular weight excluding hydrogens is 584 g/mol. The lowest BCUT2D eigenvalue weighted by Gasteiger charge is -2.46. The molecule has 0 unspecified atom stereocenters. The molecule has 2 saturated heterocycles. The maximum Gasteiger partial charge on any atom is 0.303 e. The fourth-order valence-electron chi connectivity index (χ4n) is 4.80. The summed E-state index contributed by atoms with van der Waals surface area (Å²) in [5.41, 5.74) is 0.919. The van der Waals surface area contributed by atoms with Gasteiger partial charge in [-0.25, -0.2) is 0 Å². The Morgan fingerprint density at radius 1 is 0.864 bits per heavy atom. The van der Waals surface area contributed by atoms with Crippen LogP contribution in [0.4, 0.5) is 0 Å². The first-order valence-electron chi connectivity index (χ1n) is 14.1. The lowest BCUT2D eigenvalue weighted by Crippen LogP contribution is -2.64. The molecule has 0 aliphatic carbocycles. The maximum atomic E-state index is 12.1. The van der Waals surface area contributed by atoms with Gasteiger partial charge in [0.2, 0.25) is 6.29 Å². The predicted molar refractivity (Wildman–Crippen MR) is 148 cm³/mol. The quantitative estimate of drug-likeness (QED) is 0.179. The van der Waals surface area contributed by atoms with Crippen molar-refractivity contribution in [2.75, 3.05) is 19.8 Å². The molecule has 244 valence electrons. The highest BCUT2D eigenvalue weighted by Crippen LogP contribution is 2.33. The van der Waals surface area contributed by atoms with Crippen molar-refractivity contribution in [3.05, 3.63) is 48.6 Å². The first-order valence-corrected chi connectivity index (χ1v) is 14.1. The van der Waals surface area contributed by atoms with Crippen LogP contribution < -0.4 is 0 Å². The van der Waals surface area contributed by atoms with Gasteiger partial charge < -0.3 is 47.7 Å². The predicted octanol–water partition coefficient (Wildman–Crippen LogP) is 1.35. The molecule has 0 saturated carbocycles. The van der Waals surface area contributed by atoms with E-state index in [1.807, 2.05) is 30.3 Å². The van der Waals surface area contributed by atoms with Gasteiger partial charge in [0.15, 0.2) is 24.6 Å². The minimum absolute atomic E-state index is 0.0110. The molecule has 1 N–H and O–H groups in total. The maximum absolute atomic E-state index is 12.1. The van der Waals surface area contributed by atoms with Crippen molar-refractivity contribution in [2.24, 2.45) is 0 Å². The number of esters is 4. The van der Waals surface area contributed by atoms with Crippen molar-refractivity contribution < 1.29 is 66.9 Å². The molecule has 1 aromatic rings. The van der Waals surface area contributed by atoms with E-state index >= 15 is 0 Å². The van der Waals surface area contributed by atoms with Crippen LogP contribution in [0.15, 0.2) is 43.0 Å². The third kappa shape index (κ3) is 10.6. The number of aliphatic hydroxyl groups is 1. The number of ether oxygens (including phenoxy) is 9. The van der Waals surface area contributed by atoms with Crippen molar-refractivity contribution in [2.45, 2.75) is 96.0 Å². The molecule has 9 atom stereocenters.